The molecule has 2 aromatic rings. The van der Waals surface area contributed by atoms with E-state index in [2.05, 4.69) is 16.8 Å². The van der Waals surface area contributed by atoms with E-state index >= 15 is 0 Å². The molecule has 0 aliphatic carbocycles. The van der Waals surface area contributed by atoms with E-state index in [1.54, 1.807) is 0 Å². The molecule has 0 amide bonds. The Kier molecular flexibility index (Phi) is 3.80. The molecule has 0 aromatic carbocycles. The number of aromatic nitrogens is 2. The highest BCUT2D eigenvalue weighted by atomic mass is 35.5. The van der Waals surface area contributed by atoms with Crippen LogP contribution in [0.3, 0.4) is 0 Å². The summed E-state index contributed by atoms with van der Waals surface area (Å²) in [6.45, 7) is -0.530. The molecule has 0 unspecified atom stereocenters. The fourth-order valence-electron chi connectivity index (χ4n) is 1.67. The first-order valence-corrected chi connectivity index (χ1v) is 5.75. The minimum absolute atomic E-state index is 0.0832. The second-order valence-corrected chi connectivity index (χ2v) is 4.21. The average Bonchev–Trinajstić information content (AvgIpc) is 2.72. The molecule has 9 heteroatoms. The first-order chi connectivity index (χ1) is 9.75. The van der Waals surface area contributed by atoms with Crippen molar-refractivity contribution in [1.82, 2.24) is 9.38 Å². The van der Waals surface area contributed by atoms with Gasteiger partial charge in [-0.05, 0) is 6.07 Å². The van der Waals surface area contributed by atoms with Gasteiger partial charge in [0.05, 0.1) is 0 Å². The molecule has 2 rings (SSSR count). The fraction of sp³-hybridized carbons (Fsp3) is 0.167. The van der Waals surface area contributed by atoms with Gasteiger partial charge in [-0.1, -0.05) is 23.4 Å². The van der Waals surface area contributed by atoms with E-state index in [0.717, 1.165) is 10.6 Å². The highest BCUT2D eigenvalue weighted by molar-refractivity contribution is 6.32. The largest absolute Gasteiger partial charge is 0.476 e. The van der Waals surface area contributed by atoms with Crippen LogP contribution in [-0.2, 0) is 6.18 Å². The monoisotopic (exact) mass is 318 g/mol. The van der Waals surface area contributed by atoms with Crippen molar-refractivity contribution in [3.05, 3.63) is 34.2 Å². The minimum Gasteiger partial charge on any atom is -0.476 e. The van der Waals surface area contributed by atoms with Crippen LogP contribution >= 0.6 is 11.6 Å². The summed E-state index contributed by atoms with van der Waals surface area (Å²) >= 11 is 5.73. The van der Waals surface area contributed by atoms with Gasteiger partial charge in [-0.2, -0.15) is 13.2 Å². The van der Waals surface area contributed by atoms with Crippen LogP contribution < -0.4 is 0 Å². The number of imidazole rings is 1. The summed E-state index contributed by atoms with van der Waals surface area (Å²) in [6, 6.07) is 0.715. The molecule has 2 aromatic heterocycles. The molecule has 110 valence electrons. The number of hydrogen-bond donors (Lipinski definition) is 2. The number of aliphatic hydroxyl groups excluding tert-OH is 1. The Morgan fingerprint density at radius 3 is 2.67 bits per heavy atom. The number of halogens is 4. The first kappa shape index (κ1) is 15.2. The predicted molar refractivity (Wildman–Crippen MR) is 66.1 cm³/mol. The number of fused-ring (bicyclic) bond motifs is 1. The summed E-state index contributed by atoms with van der Waals surface area (Å²) in [5, 5.41) is 17.0. The zero-order valence-corrected chi connectivity index (χ0v) is 10.8. The maximum Gasteiger partial charge on any atom is 0.420 e. The number of rotatable bonds is 1. The van der Waals surface area contributed by atoms with Crippen molar-refractivity contribution in [2.75, 3.05) is 6.61 Å². The van der Waals surface area contributed by atoms with Crippen LogP contribution in [0.2, 0.25) is 5.15 Å². The van der Waals surface area contributed by atoms with Crippen molar-refractivity contribution in [3.63, 3.8) is 0 Å². The molecule has 21 heavy (non-hydrogen) atoms. The van der Waals surface area contributed by atoms with Crippen molar-refractivity contribution in [1.29, 1.82) is 0 Å². The zero-order valence-electron chi connectivity index (χ0n) is 10.1. The maximum absolute atomic E-state index is 13.0. The van der Waals surface area contributed by atoms with E-state index in [0.29, 0.717) is 6.07 Å². The molecular formula is C12H6ClF3N2O3. The molecule has 0 saturated heterocycles. The molecule has 0 saturated carbocycles. The molecule has 0 bridgehead atoms. The third kappa shape index (κ3) is 2.79. The van der Waals surface area contributed by atoms with Gasteiger partial charge in [-0.25, -0.2) is 9.78 Å². The molecule has 0 radical (unpaired) electrons. The second-order valence-electron chi connectivity index (χ2n) is 3.85. The lowest BCUT2D eigenvalue weighted by Gasteiger charge is -2.09. The molecular weight excluding hydrogens is 313 g/mol. The maximum atomic E-state index is 13.0. The number of carbonyl (C=O) groups is 1. The van der Waals surface area contributed by atoms with Gasteiger partial charge in [-0.3, -0.25) is 4.40 Å². The first-order valence-electron chi connectivity index (χ1n) is 5.37. The van der Waals surface area contributed by atoms with Crippen molar-refractivity contribution in [2.24, 2.45) is 0 Å². The summed E-state index contributed by atoms with van der Waals surface area (Å²) in [6.07, 6.45) is -3.64. The van der Waals surface area contributed by atoms with Gasteiger partial charge in [0.1, 0.15) is 17.3 Å². The van der Waals surface area contributed by atoms with Crippen molar-refractivity contribution in [3.8, 4) is 11.8 Å². The van der Waals surface area contributed by atoms with Crippen LogP contribution in [0.25, 0.3) is 5.65 Å². The lowest BCUT2D eigenvalue weighted by molar-refractivity contribution is -0.136. The van der Waals surface area contributed by atoms with Gasteiger partial charge in [0.15, 0.2) is 11.3 Å². The van der Waals surface area contributed by atoms with Crippen molar-refractivity contribution < 1.29 is 28.2 Å². The Balaban J connectivity index is 2.85. The number of carboxylic acid groups (broad SMARTS) is 1. The summed E-state index contributed by atoms with van der Waals surface area (Å²) in [7, 11) is 0. The number of carboxylic acids is 1. The summed E-state index contributed by atoms with van der Waals surface area (Å²) < 4.78 is 39.9. The number of alkyl halides is 3. The topological polar surface area (TPSA) is 74.8 Å². The smallest absolute Gasteiger partial charge is 0.420 e. The number of aliphatic hydroxyl groups is 1. The van der Waals surface area contributed by atoms with Gasteiger partial charge >= 0.3 is 12.1 Å². The fourth-order valence-corrected chi connectivity index (χ4v) is 1.92. The van der Waals surface area contributed by atoms with Crippen LogP contribution in [0.15, 0.2) is 12.3 Å². The molecule has 0 aliphatic heterocycles. The standard InChI is InChI=1S/C12H6ClF3N2O3/c13-9-8(11(20)21)17-10-7(12(14,15)16)4-6(2-1-3-19)5-18(9)10/h4-5,19H,3H2,(H,20,21). The Morgan fingerprint density at radius 1 is 1.48 bits per heavy atom. The van der Waals surface area contributed by atoms with E-state index in [9.17, 15) is 18.0 Å². The second kappa shape index (κ2) is 5.27. The Bertz CT molecular complexity index is 787. The molecule has 2 heterocycles. The molecule has 0 aliphatic rings. The summed E-state index contributed by atoms with van der Waals surface area (Å²) in [4.78, 5) is 14.3. The molecule has 2 N–H and O–H groups in total. The van der Waals surface area contributed by atoms with Crippen LogP contribution in [0.5, 0.6) is 0 Å². The number of nitrogens with zero attached hydrogens (tertiary/aromatic N) is 2. The highest BCUT2D eigenvalue weighted by Gasteiger charge is 2.35. The van der Waals surface area contributed by atoms with E-state index in [-0.39, 0.29) is 5.56 Å². The SMILES string of the molecule is O=C(O)c1nc2c(C(F)(F)F)cc(C#CCO)cn2c1Cl. The quantitative estimate of drug-likeness (QED) is 0.789. The number of aromatic carboxylic acids is 1. The number of pyridine rings is 1. The number of hydrogen-bond acceptors (Lipinski definition) is 3. The van der Waals surface area contributed by atoms with Crippen LogP contribution in [0.1, 0.15) is 21.6 Å². The average molecular weight is 319 g/mol. The predicted octanol–water partition coefficient (Wildman–Crippen LogP) is 2.05. The Morgan fingerprint density at radius 2 is 2.14 bits per heavy atom. The van der Waals surface area contributed by atoms with E-state index in [1.807, 2.05) is 0 Å². The molecule has 5 nitrogen and oxygen atoms in total. The van der Waals surface area contributed by atoms with Crippen LogP contribution in [0.4, 0.5) is 13.2 Å². The zero-order chi connectivity index (χ0) is 15.8. The Labute approximate surface area is 120 Å². The van der Waals surface area contributed by atoms with Gasteiger partial charge in [-0.15, -0.1) is 0 Å². The summed E-state index contributed by atoms with van der Waals surface area (Å²) in [5.74, 6) is 2.97. The third-order valence-corrected chi connectivity index (χ3v) is 2.84. The van der Waals surface area contributed by atoms with Crippen molar-refractivity contribution in [2.45, 2.75) is 6.18 Å². The molecule has 0 atom stereocenters. The minimum atomic E-state index is -4.76. The van der Waals surface area contributed by atoms with Gasteiger partial charge in [0, 0.05) is 11.8 Å². The molecule has 0 fully saturated rings. The van der Waals surface area contributed by atoms with Crippen molar-refractivity contribution >= 4 is 23.2 Å². The van der Waals surface area contributed by atoms with Gasteiger partial charge in [0.2, 0.25) is 0 Å². The van der Waals surface area contributed by atoms with E-state index in [1.165, 1.54) is 0 Å². The lowest BCUT2D eigenvalue weighted by Crippen LogP contribution is -2.08. The van der Waals surface area contributed by atoms with Crippen LogP contribution in [0, 0.1) is 11.8 Å². The third-order valence-electron chi connectivity index (χ3n) is 2.48. The van der Waals surface area contributed by atoms with Gasteiger partial charge < -0.3 is 10.2 Å². The normalized spacial score (nSPS) is 11.3. The Hall–Kier alpha value is -2.24. The van der Waals surface area contributed by atoms with Crippen LogP contribution in [-0.4, -0.2) is 32.2 Å². The summed E-state index contributed by atoms with van der Waals surface area (Å²) in [5.41, 5.74) is -2.56. The molecule has 0 spiro atoms. The van der Waals surface area contributed by atoms with Gasteiger partial charge in [0.25, 0.3) is 0 Å². The van der Waals surface area contributed by atoms with E-state index < -0.39 is 40.8 Å². The lowest BCUT2D eigenvalue weighted by atomic mass is 10.2. The highest BCUT2D eigenvalue weighted by Crippen LogP contribution is 2.34. The van der Waals surface area contributed by atoms with E-state index in [4.69, 9.17) is 21.8 Å².